The lowest BCUT2D eigenvalue weighted by molar-refractivity contribution is -0.165. The molecule has 4 aromatic heterocycles. The van der Waals surface area contributed by atoms with Crippen LogP contribution in [0.15, 0.2) is 12.7 Å². The van der Waals surface area contributed by atoms with Crippen LogP contribution < -0.4 is 5.73 Å². The van der Waals surface area contributed by atoms with E-state index in [4.69, 9.17) is 41.4 Å². The minimum absolute atomic E-state index is 0.212. The molecule has 2 unspecified atom stereocenters. The number of halogens is 3. The van der Waals surface area contributed by atoms with Crippen LogP contribution in [0.25, 0.3) is 22.3 Å². The maximum absolute atomic E-state index is 11.6. The van der Waals surface area contributed by atoms with Crippen LogP contribution in [0.4, 0.5) is 5.82 Å². The normalized spacial score (nSPS) is 27.5. The number of imidazole rings is 2. The molecule has 18 nitrogen and oxygen atoms in total. The van der Waals surface area contributed by atoms with E-state index in [1.165, 1.54) is 31.1 Å². The predicted octanol–water partition coefficient (Wildman–Crippen LogP) is 0.880. The highest BCUT2D eigenvalue weighted by Crippen LogP contribution is 2.37. The minimum Gasteiger partial charge on any atom is -0.456 e. The summed E-state index contributed by atoms with van der Waals surface area (Å²) in [7, 11) is 0. The highest BCUT2D eigenvalue weighted by atomic mass is 127. The van der Waals surface area contributed by atoms with Crippen LogP contribution in [0.5, 0.6) is 0 Å². The number of aliphatic hydroxyl groups is 3. The van der Waals surface area contributed by atoms with E-state index in [1.807, 2.05) is 52.1 Å². The molecule has 2 fully saturated rings. The fourth-order valence-corrected chi connectivity index (χ4v) is 6.48. The number of nitrogens with zero attached hydrogens (tertiary/aromatic N) is 8. The van der Waals surface area contributed by atoms with Gasteiger partial charge in [0.1, 0.15) is 35.4 Å². The van der Waals surface area contributed by atoms with E-state index in [-0.39, 0.29) is 11.0 Å². The van der Waals surface area contributed by atoms with Crippen molar-refractivity contribution in [3.63, 3.8) is 0 Å². The number of carbonyl (C=O) groups is 2. The molecule has 248 valence electrons. The highest BCUT2D eigenvalue weighted by molar-refractivity contribution is 14.1. The Morgan fingerprint density at radius 3 is 2.02 bits per heavy atom. The summed E-state index contributed by atoms with van der Waals surface area (Å²) in [5.74, 6) is -0.765. The average molecular weight is 888 g/mol. The second-order valence-electron chi connectivity index (χ2n) is 10.2. The van der Waals surface area contributed by atoms with Crippen molar-refractivity contribution in [2.75, 3.05) is 12.3 Å². The average Bonchev–Trinajstić information content (AvgIpc) is 3.74. The summed E-state index contributed by atoms with van der Waals surface area (Å²) in [4.78, 5) is 48.1. The van der Waals surface area contributed by atoms with Crippen molar-refractivity contribution in [2.45, 2.75) is 76.3 Å². The number of ether oxygens (including phenoxy) is 4. The molecule has 0 spiro atoms. The number of rotatable bonds is 6. The summed E-state index contributed by atoms with van der Waals surface area (Å²) in [5, 5.41) is 29.1. The van der Waals surface area contributed by atoms with E-state index >= 15 is 0 Å². The van der Waals surface area contributed by atoms with Gasteiger partial charge in [0.15, 0.2) is 54.6 Å². The molecule has 46 heavy (non-hydrogen) atoms. The van der Waals surface area contributed by atoms with Crippen LogP contribution in [0.2, 0.25) is 5.15 Å². The lowest BCUT2D eigenvalue weighted by Gasteiger charge is -2.23. The van der Waals surface area contributed by atoms with Gasteiger partial charge in [0, 0.05) is 59.0 Å². The fraction of sp³-hybridized carbons (Fsp3) is 0.520. The van der Waals surface area contributed by atoms with Gasteiger partial charge in [-0.15, -0.1) is 0 Å². The molecule has 0 amide bonds. The summed E-state index contributed by atoms with van der Waals surface area (Å²) < 4.78 is 26.2. The van der Waals surface area contributed by atoms with Gasteiger partial charge < -0.3 is 40.0 Å². The zero-order valence-corrected chi connectivity index (χ0v) is 29.3. The second-order valence-corrected chi connectivity index (χ2v) is 12.4. The fourth-order valence-electron chi connectivity index (χ4n) is 5.16. The SMILES string of the molecule is CC[C@H]1O[C@@H](n2cnc3c(Cl)nc(I)nc32)[C@@H](OC(C)=O)C1OC(C)=O.Nc1nc(I)nc2c1ncn2[C@@H]1O[C@H](CO)C(O)[C@@H]1O. The number of nitrogens with two attached hydrogens (primary N) is 1. The number of nitrogen functional groups attached to an aromatic ring is 1. The number of aromatic nitrogens is 8. The topological polar surface area (TPSA) is 245 Å². The van der Waals surface area contributed by atoms with Crippen molar-refractivity contribution in [3.8, 4) is 0 Å². The van der Waals surface area contributed by atoms with E-state index in [0.29, 0.717) is 36.4 Å². The van der Waals surface area contributed by atoms with Gasteiger partial charge in [-0.3, -0.25) is 18.7 Å². The largest absolute Gasteiger partial charge is 0.456 e. The van der Waals surface area contributed by atoms with Crippen molar-refractivity contribution in [1.29, 1.82) is 0 Å². The highest BCUT2D eigenvalue weighted by Gasteiger charge is 2.50. The van der Waals surface area contributed by atoms with Crippen molar-refractivity contribution >= 4 is 96.9 Å². The predicted molar refractivity (Wildman–Crippen MR) is 174 cm³/mol. The van der Waals surface area contributed by atoms with Crippen molar-refractivity contribution < 1.29 is 43.9 Å². The van der Waals surface area contributed by atoms with Crippen LogP contribution in [-0.4, -0.2) is 110 Å². The van der Waals surface area contributed by atoms with Crippen LogP contribution in [0.1, 0.15) is 39.6 Å². The molecule has 0 aliphatic carbocycles. The molecule has 2 aliphatic rings. The molecule has 0 radical (unpaired) electrons. The van der Waals surface area contributed by atoms with Gasteiger partial charge in [0.2, 0.25) is 0 Å². The van der Waals surface area contributed by atoms with E-state index in [2.05, 4.69) is 29.9 Å². The molecule has 8 atom stereocenters. The number of aliphatic hydroxyl groups excluding tert-OH is 3. The summed E-state index contributed by atoms with van der Waals surface area (Å²) in [6.45, 7) is 4.08. The molecule has 5 N–H and O–H groups in total. The zero-order chi connectivity index (χ0) is 33.4. The molecule has 0 bridgehead atoms. The van der Waals surface area contributed by atoms with Gasteiger partial charge >= 0.3 is 11.9 Å². The Morgan fingerprint density at radius 1 is 0.891 bits per heavy atom. The molecular weight excluding hydrogens is 860 g/mol. The molecule has 21 heteroatoms. The first-order valence-corrected chi connectivity index (χ1v) is 16.2. The maximum Gasteiger partial charge on any atom is 0.303 e. The molecule has 0 aromatic carbocycles. The Hall–Kier alpha value is -2.61. The smallest absolute Gasteiger partial charge is 0.303 e. The Labute approximate surface area is 292 Å². The number of hydrogen-bond donors (Lipinski definition) is 4. The van der Waals surface area contributed by atoms with Crippen LogP contribution in [-0.2, 0) is 28.5 Å². The van der Waals surface area contributed by atoms with Gasteiger partial charge in [0.05, 0.1) is 19.3 Å². The van der Waals surface area contributed by atoms with Gasteiger partial charge in [0.25, 0.3) is 0 Å². The third-order valence-electron chi connectivity index (χ3n) is 7.13. The number of carbonyl (C=O) groups excluding carboxylic acids is 2. The first-order valence-electron chi connectivity index (χ1n) is 13.7. The summed E-state index contributed by atoms with van der Waals surface area (Å²) >= 11 is 9.99. The molecule has 2 saturated heterocycles. The van der Waals surface area contributed by atoms with Crippen molar-refractivity contribution in [1.82, 2.24) is 39.0 Å². The van der Waals surface area contributed by atoms with Gasteiger partial charge in [-0.2, -0.15) is 0 Å². The Balaban J connectivity index is 0.000000187. The zero-order valence-electron chi connectivity index (χ0n) is 24.3. The molecular formula is C25H28ClI2N9O9. The second kappa shape index (κ2) is 14.2. The van der Waals surface area contributed by atoms with Crippen LogP contribution in [0.3, 0.4) is 0 Å². The molecule has 0 saturated carbocycles. The minimum atomic E-state index is -1.20. The first kappa shape index (κ1) is 34.7. The van der Waals surface area contributed by atoms with E-state index in [1.54, 1.807) is 4.57 Å². The van der Waals surface area contributed by atoms with E-state index in [0.717, 1.165) is 0 Å². The van der Waals surface area contributed by atoms with E-state index in [9.17, 15) is 19.8 Å². The standard InChI is InChI=1S/C15H16ClIN4O5.C10H12IN5O4/c1-4-8-10(24-6(2)22)11(25-7(3)23)14(26-8)21-5-18-9-12(16)19-15(17)20-13(9)21;11-10-14-7(12)4-8(15-10)16(2-13-4)9-6(19)5(18)3(1-17)20-9/h5,8,10-11,14H,4H2,1-3H3;2-3,5-6,9,17-19H,1H2,(H2,12,14,15)/t8-,10?,11+,14-;3-,5?,6+,9-/m11/s1. The third kappa shape index (κ3) is 6.84. The third-order valence-corrected chi connectivity index (χ3v) is 8.36. The molecule has 4 aromatic rings. The van der Waals surface area contributed by atoms with Crippen molar-refractivity contribution in [3.05, 3.63) is 25.5 Å². The Bertz CT molecular complexity index is 1760. The van der Waals surface area contributed by atoms with E-state index < -0.39 is 67.6 Å². The van der Waals surface area contributed by atoms with Gasteiger partial charge in [-0.25, -0.2) is 29.9 Å². The number of hydrogen-bond acceptors (Lipinski definition) is 16. The summed E-state index contributed by atoms with van der Waals surface area (Å²) in [6.07, 6.45) is -3.45. The van der Waals surface area contributed by atoms with Gasteiger partial charge in [-0.1, -0.05) is 18.5 Å². The first-order chi connectivity index (χ1) is 21.8. The summed E-state index contributed by atoms with van der Waals surface area (Å²) in [6, 6.07) is 0. The van der Waals surface area contributed by atoms with Crippen LogP contribution in [0, 0.1) is 7.66 Å². The number of anilines is 1. The molecule has 6 rings (SSSR count). The monoisotopic (exact) mass is 887 g/mol. The lowest BCUT2D eigenvalue weighted by Crippen LogP contribution is -2.38. The van der Waals surface area contributed by atoms with Crippen molar-refractivity contribution in [2.24, 2.45) is 0 Å². The lowest BCUT2D eigenvalue weighted by atomic mass is 10.1. The Morgan fingerprint density at radius 2 is 1.43 bits per heavy atom. The number of fused-ring (bicyclic) bond motifs is 2. The molecule has 6 heterocycles. The van der Waals surface area contributed by atoms with Gasteiger partial charge in [-0.05, 0) is 6.42 Å². The van der Waals surface area contributed by atoms with Crippen LogP contribution >= 0.6 is 56.8 Å². The summed E-state index contributed by atoms with van der Waals surface area (Å²) in [5.41, 5.74) is 7.40. The Kier molecular flexibility index (Phi) is 10.8. The molecule has 2 aliphatic heterocycles. The number of esters is 2. The maximum atomic E-state index is 11.6. The quantitative estimate of drug-likeness (QED) is 0.0909.